The van der Waals surface area contributed by atoms with Crippen LogP contribution < -0.4 is 5.32 Å². The van der Waals surface area contributed by atoms with E-state index < -0.39 is 4.92 Å². The van der Waals surface area contributed by atoms with Gasteiger partial charge in [-0.25, -0.2) is 0 Å². The van der Waals surface area contributed by atoms with Gasteiger partial charge in [0, 0.05) is 18.7 Å². The molecular weight excluding hydrogens is 246 g/mol. The van der Waals surface area contributed by atoms with Crippen LogP contribution >= 0.6 is 0 Å². The Morgan fingerprint density at radius 1 is 1.53 bits per heavy atom. The van der Waals surface area contributed by atoms with Crippen LogP contribution in [0.4, 0.5) is 11.4 Å². The Labute approximate surface area is 111 Å². The van der Waals surface area contributed by atoms with Gasteiger partial charge < -0.3 is 10.4 Å². The van der Waals surface area contributed by atoms with Crippen molar-refractivity contribution < 1.29 is 10.0 Å². The lowest BCUT2D eigenvalue weighted by Gasteiger charge is -2.22. The fourth-order valence-electron chi connectivity index (χ4n) is 1.79. The van der Waals surface area contributed by atoms with E-state index in [1.54, 1.807) is 0 Å². The Bertz CT molecular complexity index is 494. The Hall–Kier alpha value is -2.13. The van der Waals surface area contributed by atoms with Crippen LogP contribution in [0, 0.1) is 27.4 Å². The van der Waals surface area contributed by atoms with E-state index in [1.165, 1.54) is 18.2 Å². The predicted molar refractivity (Wildman–Crippen MR) is 71.8 cm³/mol. The lowest BCUT2D eigenvalue weighted by Crippen LogP contribution is -2.27. The summed E-state index contributed by atoms with van der Waals surface area (Å²) in [5, 5.41) is 31.9. The number of hydrogen-bond acceptors (Lipinski definition) is 5. The van der Waals surface area contributed by atoms with E-state index in [0.717, 1.165) is 0 Å². The van der Waals surface area contributed by atoms with Gasteiger partial charge in [0.2, 0.25) is 0 Å². The first-order valence-electron chi connectivity index (χ1n) is 6.05. The molecule has 19 heavy (non-hydrogen) atoms. The number of nitrogens with one attached hydrogen (secondary N) is 1. The third-order valence-corrected chi connectivity index (χ3v) is 2.91. The van der Waals surface area contributed by atoms with E-state index in [0.29, 0.717) is 17.7 Å². The summed E-state index contributed by atoms with van der Waals surface area (Å²) in [6.45, 7) is 3.93. The number of nitro groups is 1. The van der Waals surface area contributed by atoms with E-state index in [1.807, 2.05) is 19.9 Å². The van der Waals surface area contributed by atoms with Crippen LogP contribution in [0.1, 0.15) is 25.8 Å². The molecule has 0 fully saturated rings. The number of anilines is 1. The lowest BCUT2D eigenvalue weighted by atomic mass is 10.0. The smallest absolute Gasteiger partial charge is 0.292 e. The van der Waals surface area contributed by atoms with Crippen molar-refractivity contribution in [3.05, 3.63) is 33.9 Å². The number of rotatable bonds is 6. The van der Waals surface area contributed by atoms with Gasteiger partial charge >= 0.3 is 0 Å². The summed E-state index contributed by atoms with van der Waals surface area (Å²) in [7, 11) is 0. The predicted octanol–water partition coefficient (Wildman–Crippen LogP) is 2.29. The number of benzene rings is 1. The Morgan fingerprint density at radius 3 is 2.68 bits per heavy atom. The van der Waals surface area contributed by atoms with Gasteiger partial charge in [-0.2, -0.15) is 5.26 Å². The van der Waals surface area contributed by atoms with Crippen LogP contribution in [0.5, 0.6) is 0 Å². The normalized spacial score (nSPS) is 11.9. The van der Waals surface area contributed by atoms with Gasteiger partial charge in [0.1, 0.15) is 5.69 Å². The average molecular weight is 263 g/mol. The van der Waals surface area contributed by atoms with Crippen molar-refractivity contribution in [2.24, 2.45) is 5.92 Å². The third-order valence-electron chi connectivity index (χ3n) is 2.91. The van der Waals surface area contributed by atoms with E-state index in [-0.39, 0.29) is 24.3 Å². The first kappa shape index (κ1) is 14.9. The average Bonchev–Trinajstić information content (AvgIpc) is 2.37. The van der Waals surface area contributed by atoms with Gasteiger partial charge in [0.05, 0.1) is 16.6 Å². The van der Waals surface area contributed by atoms with Crippen molar-refractivity contribution in [1.29, 1.82) is 5.26 Å². The van der Waals surface area contributed by atoms with Crippen molar-refractivity contribution in [2.45, 2.75) is 26.3 Å². The zero-order valence-electron chi connectivity index (χ0n) is 11.0. The van der Waals surface area contributed by atoms with Crippen molar-refractivity contribution in [2.75, 3.05) is 11.9 Å². The molecule has 0 amide bonds. The summed E-state index contributed by atoms with van der Waals surface area (Å²) >= 11 is 0. The number of nitro benzene ring substituents is 1. The molecule has 0 aromatic heterocycles. The molecule has 0 saturated carbocycles. The monoisotopic (exact) mass is 263 g/mol. The van der Waals surface area contributed by atoms with Crippen LogP contribution in [0.3, 0.4) is 0 Å². The van der Waals surface area contributed by atoms with E-state index in [4.69, 9.17) is 10.4 Å². The first-order chi connectivity index (χ1) is 8.99. The molecule has 0 saturated heterocycles. The SMILES string of the molecule is CC(C)C(CCO)Nc1cc(C#N)ccc1[N+](=O)[O-]. The second-order valence-corrected chi connectivity index (χ2v) is 4.61. The topological polar surface area (TPSA) is 99.2 Å². The maximum absolute atomic E-state index is 11.0. The Morgan fingerprint density at radius 2 is 2.21 bits per heavy atom. The molecule has 0 spiro atoms. The molecule has 1 rings (SSSR count). The van der Waals surface area contributed by atoms with E-state index >= 15 is 0 Å². The maximum Gasteiger partial charge on any atom is 0.292 e. The lowest BCUT2D eigenvalue weighted by molar-refractivity contribution is -0.384. The second kappa shape index (κ2) is 6.71. The summed E-state index contributed by atoms with van der Waals surface area (Å²) < 4.78 is 0. The zero-order valence-corrected chi connectivity index (χ0v) is 11.0. The maximum atomic E-state index is 11.0. The number of nitriles is 1. The summed E-state index contributed by atoms with van der Waals surface area (Å²) in [4.78, 5) is 10.5. The molecule has 1 aromatic carbocycles. The molecule has 0 radical (unpaired) electrons. The highest BCUT2D eigenvalue weighted by atomic mass is 16.6. The van der Waals surface area contributed by atoms with Crippen LogP contribution in [-0.4, -0.2) is 22.7 Å². The van der Waals surface area contributed by atoms with Crippen molar-refractivity contribution in [3.63, 3.8) is 0 Å². The van der Waals surface area contributed by atoms with Gasteiger partial charge in [-0.3, -0.25) is 10.1 Å². The minimum Gasteiger partial charge on any atom is -0.396 e. The molecule has 0 aliphatic heterocycles. The van der Waals surface area contributed by atoms with E-state index in [9.17, 15) is 10.1 Å². The summed E-state index contributed by atoms with van der Waals surface area (Å²) in [6.07, 6.45) is 0.492. The minimum atomic E-state index is -0.486. The number of nitrogens with zero attached hydrogens (tertiary/aromatic N) is 2. The minimum absolute atomic E-state index is 0.00157. The highest BCUT2D eigenvalue weighted by Gasteiger charge is 2.19. The number of hydrogen-bond donors (Lipinski definition) is 2. The standard InChI is InChI=1S/C13H17N3O3/c1-9(2)11(5-6-17)15-12-7-10(8-14)3-4-13(12)16(18)19/h3-4,7,9,11,15,17H,5-6H2,1-2H3. The zero-order chi connectivity index (χ0) is 14.4. The third kappa shape index (κ3) is 3.93. The van der Waals surface area contributed by atoms with Crippen LogP contribution in [-0.2, 0) is 0 Å². The molecule has 2 N–H and O–H groups in total. The van der Waals surface area contributed by atoms with E-state index in [2.05, 4.69) is 5.32 Å². The molecule has 0 bridgehead atoms. The molecule has 0 aliphatic carbocycles. The molecule has 1 aromatic rings. The molecule has 6 heteroatoms. The van der Waals surface area contributed by atoms with Crippen molar-refractivity contribution >= 4 is 11.4 Å². The second-order valence-electron chi connectivity index (χ2n) is 4.61. The van der Waals surface area contributed by atoms with Gasteiger partial charge in [0.15, 0.2) is 0 Å². The van der Waals surface area contributed by atoms with Gasteiger partial charge in [-0.15, -0.1) is 0 Å². The molecular formula is C13H17N3O3. The fraction of sp³-hybridized carbons (Fsp3) is 0.462. The van der Waals surface area contributed by atoms with Crippen LogP contribution in [0.25, 0.3) is 0 Å². The van der Waals surface area contributed by atoms with Gasteiger partial charge in [0.25, 0.3) is 5.69 Å². The quantitative estimate of drug-likeness (QED) is 0.606. The highest BCUT2D eigenvalue weighted by molar-refractivity contribution is 5.64. The first-order valence-corrected chi connectivity index (χ1v) is 6.05. The van der Waals surface area contributed by atoms with Crippen molar-refractivity contribution in [1.82, 2.24) is 0 Å². The molecule has 1 atom stereocenters. The fourth-order valence-corrected chi connectivity index (χ4v) is 1.79. The van der Waals surface area contributed by atoms with Crippen molar-refractivity contribution in [3.8, 4) is 6.07 Å². The largest absolute Gasteiger partial charge is 0.396 e. The Kier molecular flexibility index (Phi) is 5.27. The number of aliphatic hydroxyl groups excluding tert-OH is 1. The Balaban J connectivity index is 3.09. The molecule has 0 aliphatic rings. The molecule has 1 unspecified atom stereocenters. The molecule has 0 heterocycles. The summed E-state index contributed by atoms with van der Waals surface area (Å²) in [6, 6.07) is 6.07. The summed E-state index contributed by atoms with van der Waals surface area (Å²) in [5.41, 5.74) is 0.610. The van der Waals surface area contributed by atoms with Gasteiger partial charge in [-0.1, -0.05) is 13.8 Å². The highest BCUT2D eigenvalue weighted by Crippen LogP contribution is 2.27. The summed E-state index contributed by atoms with van der Waals surface area (Å²) in [5.74, 6) is 0.206. The number of aliphatic hydroxyl groups is 1. The molecule has 6 nitrogen and oxygen atoms in total. The van der Waals surface area contributed by atoms with Gasteiger partial charge in [-0.05, 0) is 24.5 Å². The van der Waals surface area contributed by atoms with Crippen LogP contribution in [0.2, 0.25) is 0 Å². The molecule has 102 valence electrons. The van der Waals surface area contributed by atoms with Crippen LogP contribution in [0.15, 0.2) is 18.2 Å².